The van der Waals surface area contributed by atoms with Crippen LogP contribution in [-0.2, 0) is 0 Å². The second-order valence-corrected chi connectivity index (χ2v) is 8.56. The first kappa shape index (κ1) is 15.9. The second-order valence-electron chi connectivity index (χ2n) is 7.71. The van der Waals surface area contributed by atoms with E-state index in [0.717, 1.165) is 16.0 Å². The SMILES string of the molecule is CC1C[C@H](c2cc(Br)c(O)c(C(C)C)c2)CC(C)(C)C1. The highest BCUT2D eigenvalue weighted by molar-refractivity contribution is 9.10. The van der Waals surface area contributed by atoms with Crippen molar-refractivity contribution in [1.82, 2.24) is 0 Å². The van der Waals surface area contributed by atoms with Crippen molar-refractivity contribution in [1.29, 1.82) is 0 Å². The number of hydrogen-bond donors (Lipinski definition) is 1. The fourth-order valence-electron chi connectivity index (χ4n) is 3.92. The summed E-state index contributed by atoms with van der Waals surface area (Å²) in [5.41, 5.74) is 2.87. The number of benzene rings is 1. The maximum atomic E-state index is 10.2. The molecule has 0 aliphatic heterocycles. The monoisotopic (exact) mass is 338 g/mol. The molecule has 0 aromatic heterocycles. The van der Waals surface area contributed by atoms with E-state index in [2.05, 4.69) is 62.7 Å². The van der Waals surface area contributed by atoms with Gasteiger partial charge in [-0.05, 0) is 75.6 Å². The molecule has 1 aromatic rings. The Morgan fingerprint density at radius 2 is 1.90 bits per heavy atom. The lowest BCUT2D eigenvalue weighted by Gasteiger charge is -2.39. The lowest BCUT2D eigenvalue weighted by molar-refractivity contribution is 0.168. The van der Waals surface area contributed by atoms with Crippen molar-refractivity contribution in [2.45, 2.75) is 65.7 Å². The van der Waals surface area contributed by atoms with Gasteiger partial charge in [0.15, 0.2) is 0 Å². The van der Waals surface area contributed by atoms with E-state index in [9.17, 15) is 5.11 Å². The predicted octanol–water partition coefficient (Wildman–Crippen LogP) is 6.21. The van der Waals surface area contributed by atoms with Crippen LogP contribution in [-0.4, -0.2) is 5.11 Å². The van der Waals surface area contributed by atoms with Crippen LogP contribution in [0.5, 0.6) is 5.75 Å². The Morgan fingerprint density at radius 3 is 2.45 bits per heavy atom. The molecular weight excluding hydrogens is 312 g/mol. The Morgan fingerprint density at radius 1 is 1.25 bits per heavy atom. The smallest absolute Gasteiger partial charge is 0.133 e. The standard InChI is InChI=1S/C18H27BrO/c1-11(2)15-7-13(8-16(19)17(15)20)14-6-12(3)9-18(4,5)10-14/h7-8,11-12,14,20H,6,9-10H2,1-5H3/t12?,14-/m0/s1. The summed E-state index contributed by atoms with van der Waals surface area (Å²) in [6.45, 7) is 11.4. The quantitative estimate of drug-likeness (QED) is 0.679. The Bertz CT molecular complexity index is 490. The summed E-state index contributed by atoms with van der Waals surface area (Å²) in [7, 11) is 0. The van der Waals surface area contributed by atoms with Gasteiger partial charge < -0.3 is 5.11 Å². The van der Waals surface area contributed by atoms with E-state index >= 15 is 0 Å². The molecule has 0 amide bonds. The maximum Gasteiger partial charge on any atom is 0.133 e. The first-order valence-corrected chi connectivity index (χ1v) is 8.51. The molecule has 1 N–H and O–H groups in total. The summed E-state index contributed by atoms with van der Waals surface area (Å²) in [6.07, 6.45) is 3.82. The van der Waals surface area contributed by atoms with Gasteiger partial charge in [0.1, 0.15) is 5.75 Å². The zero-order valence-electron chi connectivity index (χ0n) is 13.3. The summed E-state index contributed by atoms with van der Waals surface area (Å²) in [6, 6.07) is 4.35. The molecule has 0 radical (unpaired) electrons. The van der Waals surface area contributed by atoms with Gasteiger partial charge in [0, 0.05) is 0 Å². The van der Waals surface area contributed by atoms with Crippen LogP contribution in [0.1, 0.15) is 76.8 Å². The Kier molecular flexibility index (Phi) is 4.53. The average Bonchev–Trinajstić information content (AvgIpc) is 2.29. The van der Waals surface area contributed by atoms with Gasteiger partial charge in [0.2, 0.25) is 0 Å². The third-order valence-corrected chi connectivity index (χ3v) is 5.20. The number of hydrogen-bond acceptors (Lipinski definition) is 1. The molecule has 0 spiro atoms. The number of phenolic OH excluding ortho intramolecular Hbond substituents is 1. The molecule has 0 saturated heterocycles. The summed E-state index contributed by atoms with van der Waals surface area (Å²) >= 11 is 3.53. The van der Waals surface area contributed by atoms with Crippen molar-refractivity contribution in [3.05, 3.63) is 27.7 Å². The van der Waals surface area contributed by atoms with Crippen molar-refractivity contribution in [2.75, 3.05) is 0 Å². The molecule has 20 heavy (non-hydrogen) atoms. The Labute approximate surface area is 131 Å². The van der Waals surface area contributed by atoms with E-state index in [1.807, 2.05) is 0 Å². The van der Waals surface area contributed by atoms with E-state index < -0.39 is 0 Å². The molecular formula is C18H27BrO. The highest BCUT2D eigenvalue weighted by Crippen LogP contribution is 2.47. The number of phenols is 1. The van der Waals surface area contributed by atoms with Crippen LogP contribution < -0.4 is 0 Å². The van der Waals surface area contributed by atoms with Crippen molar-refractivity contribution in [3.63, 3.8) is 0 Å². The highest BCUT2D eigenvalue weighted by Gasteiger charge is 2.33. The minimum absolute atomic E-state index is 0.347. The van der Waals surface area contributed by atoms with E-state index in [-0.39, 0.29) is 0 Å². The van der Waals surface area contributed by atoms with Gasteiger partial charge in [0.05, 0.1) is 4.47 Å². The third kappa shape index (κ3) is 3.39. The summed E-state index contributed by atoms with van der Waals surface area (Å²) in [5.74, 6) is 2.15. The van der Waals surface area contributed by atoms with Crippen LogP contribution >= 0.6 is 15.9 Å². The highest BCUT2D eigenvalue weighted by atomic mass is 79.9. The number of aromatic hydroxyl groups is 1. The minimum atomic E-state index is 0.347. The molecule has 2 heteroatoms. The maximum absolute atomic E-state index is 10.2. The van der Waals surface area contributed by atoms with Crippen molar-refractivity contribution in [3.8, 4) is 5.75 Å². The molecule has 1 unspecified atom stereocenters. The normalized spacial score (nSPS) is 25.9. The zero-order valence-corrected chi connectivity index (χ0v) is 14.9. The first-order valence-electron chi connectivity index (χ1n) is 7.72. The van der Waals surface area contributed by atoms with E-state index in [0.29, 0.717) is 23.0 Å². The van der Waals surface area contributed by atoms with Crippen LogP contribution in [0.2, 0.25) is 0 Å². The fraction of sp³-hybridized carbons (Fsp3) is 0.667. The van der Waals surface area contributed by atoms with Crippen molar-refractivity contribution >= 4 is 15.9 Å². The molecule has 1 aliphatic carbocycles. The fourth-order valence-corrected chi connectivity index (χ4v) is 4.41. The molecule has 1 fully saturated rings. The predicted molar refractivity (Wildman–Crippen MR) is 89.4 cm³/mol. The lowest BCUT2D eigenvalue weighted by Crippen LogP contribution is -2.26. The molecule has 0 bridgehead atoms. The zero-order chi connectivity index (χ0) is 15.1. The summed E-state index contributed by atoms with van der Waals surface area (Å²) in [5, 5.41) is 10.2. The van der Waals surface area contributed by atoms with Gasteiger partial charge in [-0.15, -0.1) is 0 Å². The van der Waals surface area contributed by atoms with Gasteiger partial charge in [0.25, 0.3) is 0 Å². The van der Waals surface area contributed by atoms with Gasteiger partial charge in [-0.25, -0.2) is 0 Å². The minimum Gasteiger partial charge on any atom is -0.506 e. The van der Waals surface area contributed by atoms with Crippen LogP contribution in [0.25, 0.3) is 0 Å². The van der Waals surface area contributed by atoms with Gasteiger partial charge in [-0.2, -0.15) is 0 Å². The van der Waals surface area contributed by atoms with Gasteiger partial charge in [-0.1, -0.05) is 40.7 Å². The topological polar surface area (TPSA) is 20.2 Å². The van der Waals surface area contributed by atoms with Crippen molar-refractivity contribution in [2.24, 2.45) is 11.3 Å². The summed E-state index contributed by atoms with van der Waals surface area (Å²) in [4.78, 5) is 0. The molecule has 1 aliphatic rings. The van der Waals surface area contributed by atoms with E-state index in [1.165, 1.54) is 24.8 Å². The average molecular weight is 339 g/mol. The van der Waals surface area contributed by atoms with Crippen LogP contribution in [0.3, 0.4) is 0 Å². The van der Waals surface area contributed by atoms with Gasteiger partial charge in [-0.3, -0.25) is 0 Å². The molecule has 2 rings (SSSR count). The summed E-state index contributed by atoms with van der Waals surface area (Å²) < 4.78 is 0.842. The second kappa shape index (κ2) is 5.71. The largest absolute Gasteiger partial charge is 0.506 e. The molecule has 0 heterocycles. The van der Waals surface area contributed by atoms with E-state index in [1.54, 1.807) is 0 Å². The van der Waals surface area contributed by atoms with Crippen LogP contribution in [0.15, 0.2) is 16.6 Å². The van der Waals surface area contributed by atoms with Gasteiger partial charge >= 0.3 is 0 Å². The molecule has 1 aromatic carbocycles. The first-order chi connectivity index (χ1) is 9.19. The molecule has 1 saturated carbocycles. The third-order valence-electron chi connectivity index (χ3n) is 4.60. The van der Waals surface area contributed by atoms with Crippen LogP contribution in [0, 0.1) is 11.3 Å². The van der Waals surface area contributed by atoms with Crippen molar-refractivity contribution < 1.29 is 5.11 Å². The Balaban J connectivity index is 2.37. The van der Waals surface area contributed by atoms with E-state index in [4.69, 9.17) is 0 Å². The number of halogens is 1. The molecule has 112 valence electrons. The van der Waals surface area contributed by atoms with Crippen LogP contribution in [0.4, 0.5) is 0 Å². The Hall–Kier alpha value is -0.500. The molecule has 1 nitrogen and oxygen atoms in total. The lowest BCUT2D eigenvalue weighted by atomic mass is 9.66. The molecule has 2 atom stereocenters. The number of rotatable bonds is 2.